The lowest BCUT2D eigenvalue weighted by Gasteiger charge is -2.46. The molecule has 1 amide bonds. The number of carbonyl (C=O) groups excluding carboxylic acids is 1. The van der Waals surface area contributed by atoms with Crippen molar-refractivity contribution in [2.75, 3.05) is 19.8 Å². The van der Waals surface area contributed by atoms with Gasteiger partial charge in [0.05, 0.1) is 32.0 Å². The molecule has 14 heteroatoms. The molecule has 2 rings (SSSR count). The first-order chi connectivity index (χ1) is 37.6. The zero-order valence-corrected chi connectivity index (χ0v) is 48.7. The first-order valence-corrected chi connectivity index (χ1v) is 31.7. The molecule has 0 spiro atoms. The highest BCUT2D eigenvalue weighted by molar-refractivity contribution is 5.76. The largest absolute Gasteiger partial charge is 0.394 e. The fourth-order valence-corrected chi connectivity index (χ4v) is 10.5. The molecule has 12 atom stereocenters. The first-order valence-electron chi connectivity index (χ1n) is 31.7. The molecule has 0 bridgehead atoms. The maximum Gasteiger partial charge on any atom is 0.220 e. The van der Waals surface area contributed by atoms with Gasteiger partial charge in [-0.05, 0) is 51.4 Å². The van der Waals surface area contributed by atoms with E-state index in [0.29, 0.717) is 12.8 Å². The second-order valence-electron chi connectivity index (χ2n) is 22.5. The average molecular weight is 1100 g/mol. The Morgan fingerprint density at radius 2 is 0.857 bits per heavy atom. The van der Waals surface area contributed by atoms with Crippen LogP contribution in [-0.4, -0.2) is 140 Å². The van der Waals surface area contributed by atoms with Gasteiger partial charge < -0.3 is 65.1 Å². The smallest absolute Gasteiger partial charge is 0.220 e. The minimum atomic E-state index is -1.78. The Kier molecular flexibility index (Phi) is 45.3. The molecular weight excluding hydrogens is 979 g/mol. The van der Waals surface area contributed by atoms with E-state index in [-0.39, 0.29) is 12.5 Å². The monoisotopic (exact) mass is 1100 g/mol. The van der Waals surface area contributed by atoms with E-state index in [1.807, 2.05) is 0 Å². The van der Waals surface area contributed by atoms with Gasteiger partial charge in [-0.1, -0.05) is 243 Å². The molecular formula is C63H117NO13. The normalized spacial score (nSPS) is 24.9. The topological polar surface area (TPSA) is 228 Å². The summed E-state index contributed by atoms with van der Waals surface area (Å²) in [4.78, 5) is 13.3. The van der Waals surface area contributed by atoms with Crippen LogP contribution in [0.3, 0.4) is 0 Å². The van der Waals surface area contributed by atoms with E-state index < -0.39 is 86.8 Å². The SMILES string of the molecule is CCCCCCC/C=C\C/C=C\C/C=C\CCCCCCCCCCCCCCCCCCC(=O)NC(COC1OC(CO)C(OC2OC(CO)C(O)C(O)C2O)C(O)C1O)C(O)CCCCCCCCCCCCCC. The summed E-state index contributed by atoms with van der Waals surface area (Å²) in [5.41, 5.74) is 0. The lowest BCUT2D eigenvalue weighted by molar-refractivity contribution is -0.359. The van der Waals surface area contributed by atoms with Gasteiger partial charge in [-0.3, -0.25) is 4.79 Å². The van der Waals surface area contributed by atoms with Gasteiger partial charge in [0.2, 0.25) is 5.91 Å². The van der Waals surface area contributed by atoms with E-state index in [1.165, 1.54) is 173 Å². The van der Waals surface area contributed by atoms with Crippen LogP contribution in [0, 0.1) is 0 Å². The van der Waals surface area contributed by atoms with E-state index in [0.717, 1.165) is 64.2 Å². The summed E-state index contributed by atoms with van der Waals surface area (Å²) in [7, 11) is 0. The molecule has 77 heavy (non-hydrogen) atoms. The number of rotatable bonds is 51. The quantitative estimate of drug-likeness (QED) is 0.0204. The first kappa shape index (κ1) is 71.3. The Bertz CT molecular complexity index is 1430. The standard InChI is InChI=1S/C63H117NO13/c1-3-5-7-9-11-13-15-17-18-19-20-21-22-23-24-25-26-27-28-29-30-31-32-33-34-35-37-39-41-43-45-47-55(68)64-51(52(67)46-44-42-40-38-36-16-14-12-10-8-6-4-2)50-74-62-60(73)58(71)61(54(49-66)76-62)77-63-59(72)57(70)56(69)53(48-65)75-63/h15,17,19-20,22-23,51-54,56-63,65-67,69-73H,3-14,16,18,21,24-50H2,1-2H3,(H,64,68)/b17-15-,20-19-,23-22-. The van der Waals surface area contributed by atoms with Crippen LogP contribution in [0.2, 0.25) is 0 Å². The van der Waals surface area contributed by atoms with Crippen LogP contribution >= 0.6 is 0 Å². The molecule has 0 aromatic carbocycles. The van der Waals surface area contributed by atoms with Gasteiger partial charge in [0.15, 0.2) is 12.6 Å². The molecule has 2 aliphatic heterocycles. The van der Waals surface area contributed by atoms with Crippen LogP contribution in [0.5, 0.6) is 0 Å². The highest BCUT2D eigenvalue weighted by Crippen LogP contribution is 2.30. The van der Waals surface area contributed by atoms with E-state index in [2.05, 4.69) is 55.6 Å². The number of aliphatic hydroxyl groups excluding tert-OH is 8. The van der Waals surface area contributed by atoms with Crippen molar-refractivity contribution in [3.8, 4) is 0 Å². The summed E-state index contributed by atoms with van der Waals surface area (Å²) in [5.74, 6) is -0.206. The molecule has 14 nitrogen and oxygen atoms in total. The third kappa shape index (κ3) is 34.3. The predicted molar refractivity (Wildman–Crippen MR) is 309 cm³/mol. The Labute approximate surface area is 468 Å². The predicted octanol–water partition coefficient (Wildman–Crippen LogP) is 11.4. The van der Waals surface area contributed by atoms with Crippen molar-refractivity contribution in [3.05, 3.63) is 36.5 Å². The Hall–Kier alpha value is -1.79. The third-order valence-electron chi connectivity index (χ3n) is 15.6. The number of hydrogen-bond acceptors (Lipinski definition) is 13. The number of ether oxygens (including phenoxy) is 4. The number of carbonyl (C=O) groups is 1. The maximum atomic E-state index is 13.3. The van der Waals surface area contributed by atoms with Gasteiger partial charge in [0.25, 0.3) is 0 Å². The minimum absolute atomic E-state index is 0.206. The van der Waals surface area contributed by atoms with Gasteiger partial charge in [-0.2, -0.15) is 0 Å². The zero-order chi connectivity index (χ0) is 56.0. The average Bonchev–Trinajstić information content (AvgIpc) is 3.43. The molecule has 0 saturated carbocycles. The van der Waals surface area contributed by atoms with Crippen molar-refractivity contribution in [1.82, 2.24) is 5.32 Å². The number of aliphatic hydroxyl groups is 8. The van der Waals surface area contributed by atoms with Crippen molar-refractivity contribution in [3.63, 3.8) is 0 Å². The third-order valence-corrected chi connectivity index (χ3v) is 15.6. The number of allylic oxidation sites excluding steroid dienone is 6. The van der Waals surface area contributed by atoms with Crippen molar-refractivity contribution in [2.24, 2.45) is 0 Å². The molecule has 2 saturated heterocycles. The van der Waals surface area contributed by atoms with E-state index in [9.17, 15) is 45.6 Å². The molecule has 0 aromatic heterocycles. The fourth-order valence-electron chi connectivity index (χ4n) is 10.5. The van der Waals surface area contributed by atoms with Crippen LogP contribution < -0.4 is 5.32 Å². The van der Waals surface area contributed by atoms with Crippen molar-refractivity contribution in [1.29, 1.82) is 0 Å². The van der Waals surface area contributed by atoms with Gasteiger partial charge in [0, 0.05) is 6.42 Å². The lowest BCUT2D eigenvalue weighted by Crippen LogP contribution is -2.65. The Balaban J connectivity index is 1.63. The van der Waals surface area contributed by atoms with E-state index in [4.69, 9.17) is 18.9 Å². The van der Waals surface area contributed by atoms with E-state index >= 15 is 0 Å². The zero-order valence-electron chi connectivity index (χ0n) is 48.7. The maximum absolute atomic E-state index is 13.3. The number of amides is 1. The lowest BCUT2D eigenvalue weighted by atomic mass is 9.97. The molecule has 12 unspecified atom stereocenters. The van der Waals surface area contributed by atoms with Gasteiger partial charge in [-0.25, -0.2) is 0 Å². The van der Waals surface area contributed by atoms with E-state index in [1.54, 1.807) is 0 Å². The van der Waals surface area contributed by atoms with Crippen LogP contribution in [0.1, 0.15) is 264 Å². The molecule has 2 fully saturated rings. The molecule has 0 aromatic rings. The van der Waals surface area contributed by atoms with Gasteiger partial charge >= 0.3 is 0 Å². The van der Waals surface area contributed by atoms with Crippen LogP contribution in [0.15, 0.2) is 36.5 Å². The molecule has 2 aliphatic rings. The van der Waals surface area contributed by atoms with Crippen molar-refractivity contribution in [2.45, 2.75) is 338 Å². The number of unbranched alkanes of at least 4 members (excludes halogenated alkanes) is 32. The summed E-state index contributed by atoms with van der Waals surface area (Å²) in [6, 6.07) is -0.827. The molecule has 2 heterocycles. The molecule has 452 valence electrons. The van der Waals surface area contributed by atoms with Crippen LogP contribution in [0.25, 0.3) is 0 Å². The second kappa shape index (κ2) is 48.9. The molecule has 9 N–H and O–H groups in total. The fraction of sp³-hybridized carbons (Fsp3) is 0.889. The van der Waals surface area contributed by atoms with Gasteiger partial charge in [0.1, 0.15) is 48.8 Å². The summed E-state index contributed by atoms with van der Waals surface area (Å²) >= 11 is 0. The second-order valence-corrected chi connectivity index (χ2v) is 22.5. The van der Waals surface area contributed by atoms with Crippen LogP contribution in [0.4, 0.5) is 0 Å². The van der Waals surface area contributed by atoms with Crippen LogP contribution in [-0.2, 0) is 23.7 Å². The summed E-state index contributed by atoms with van der Waals surface area (Å²) in [6.45, 7) is 2.85. The Morgan fingerprint density at radius 1 is 0.468 bits per heavy atom. The van der Waals surface area contributed by atoms with Crippen molar-refractivity contribution < 1.29 is 64.6 Å². The van der Waals surface area contributed by atoms with Gasteiger partial charge in [-0.15, -0.1) is 0 Å². The van der Waals surface area contributed by atoms with Crippen molar-refractivity contribution >= 4 is 5.91 Å². The molecule has 0 radical (unpaired) electrons. The highest BCUT2D eigenvalue weighted by Gasteiger charge is 2.51. The number of nitrogens with one attached hydrogen (secondary N) is 1. The summed E-state index contributed by atoms with van der Waals surface area (Å²) < 4.78 is 22.8. The Morgan fingerprint density at radius 3 is 1.31 bits per heavy atom. The number of hydrogen-bond donors (Lipinski definition) is 9. The highest BCUT2D eigenvalue weighted by atomic mass is 16.7. The summed E-state index contributed by atoms with van der Waals surface area (Å²) in [6.07, 6.45) is 43.0. The summed E-state index contributed by atoms with van der Waals surface area (Å²) in [5, 5.41) is 87.2. The minimum Gasteiger partial charge on any atom is -0.394 e. The molecule has 0 aliphatic carbocycles.